The lowest BCUT2D eigenvalue weighted by Crippen LogP contribution is -2.45. The van der Waals surface area contributed by atoms with E-state index in [1.165, 1.54) is 5.56 Å². The smallest absolute Gasteiger partial charge is 0.410 e. The van der Waals surface area contributed by atoms with Crippen LogP contribution >= 0.6 is 0 Å². The van der Waals surface area contributed by atoms with Crippen LogP contribution in [-0.2, 0) is 11.2 Å². The van der Waals surface area contributed by atoms with Gasteiger partial charge in [-0.05, 0) is 52.5 Å². The average Bonchev–Trinajstić information content (AvgIpc) is 2.56. The van der Waals surface area contributed by atoms with Gasteiger partial charge in [-0.1, -0.05) is 50.1 Å². The maximum atomic E-state index is 12.6. The number of amides is 1. The van der Waals surface area contributed by atoms with Crippen molar-refractivity contribution in [1.29, 1.82) is 0 Å². The normalized spacial score (nSPS) is 13.8. The maximum Gasteiger partial charge on any atom is 0.410 e. The van der Waals surface area contributed by atoms with Gasteiger partial charge in [0.15, 0.2) is 0 Å². The minimum Gasteiger partial charge on any atom is -0.443 e. The second-order valence-electron chi connectivity index (χ2n) is 7.25. The molecule has 1 N–H and O–H groups in total. The van der Waals surface area contributed by atoms with Gasteiger partial charge in [0.25, 0.3) is 0 Å². The van der Waals surface area contributed by atoms with E-state index in [0.717, 1.165) is 19.3 Å². The SMILES string of the molecule is CCCC[C@H](O)[C@@H](CCc1ccccc1)OC(=O)N(C(C)C)C(C)C. The first-order chi connectivity index (χ1) is 11.9. The Morgan fingerprint density at radius 3 is 2.20 bits per heavy atom. The molecule has 2 atom stereocenters. The van der Waals surface area contributed by atoms with Gasteiger partial charge >= 0.3 is 6.09 Å². The molecule has 1 amide bonds. The third-order valence-electron chi connectivity index (χ3n) is 4.42. The Morgan fingerprint density at radius 2 is 1.68 bits per heavy atom. The molecule has 0 aliphatic rings. The first-order valence-corrected chi connectivity index (χ1v) is 9.57. The Bertz CT molecular complexity index is 479. The third-order valence-corrected chi connectivity index (χ3v) is 4.42. The number of unbranched alkanes of at least 4 members (excludes halogenated alkanes) is 1. The number of benzene rings is 1. The van der Waals surface area contributed by atoms with Gasteiger partial charge in [-0.2, -0.15) is 0 Å². The number of carbonyl (C=O) groups is 1. The molecule has 142 valence electrons. The van der Waals surface area contributed by atoms with Crippen molar-refractivity contribution in [2.75, 3.05) is 0 Å². The van der Waals surface area contributed by atoms with E-state index in [1.54, 1.807) is 4.90 Å². The Kier molecular flexibility index (Phi) is 9.58. The summed E-state index contributed by atoms with van der Waals surface area (Å²) in [4.78, 5) is 14.3. The van der Waals surface area contributed by atoms with Crippen molar-refractivity contribution in [2.24, 2.45) is 0 Å². The summed E-state index contributed by atoms with van der Waals surface area (Å²) in [7, 11) is 0. The number of rotatable bonds is 10. The molecule has 0 bridgehead atoms. The van der Waals surface area contributed by atoms with Crippen molar-refractivity contribution in [2.45, 2.75) is 91.0 Å². The van der Waals surface area contributed by atoms with Crippen LogP contribution in [0.15, 0.2) is 30.3 Å². The molecule has 4 nitrogen and oxygen atoms in total. The van der Waals surface area contributed by atoms with Crippen LogP contribution < -0.4 is 0 Å². The zero-order chi connectivity index (χ0) is 18.8. The third kappa shape index (κ3) is 7.47. The van der Waals surface area contributed by atoms with Crippen molar-refractivity contribution >= 4 is 6.09 Å². The van der Waals surface area contributed by atoms with Crippen LogP contribution in [0.4, 0.5) is 4.79 Å². The molecule has 1 aromatic carbocycles. The van der Waals surface area contributed by atoms with Crippen LogP contribution in [0.25, 0.3) is 0 Å². The summed E-state index contributed by atoms with van der Waals surface area (Å²) in [5.41, 5.74) is 1.19. The maximum absolute atomic E-state index is 12.6. The highest BCUT2D eigenvalue weighted by molar-refractivity contribution is 5.68. The van der Waals surface area contributed by atoms with Gasteiger partial charge < -0.3 is 14.7 Å². The van der Waals surface area contributed by atoms with Crippen LogP contribution in [0.3, 0.4) is 0 Å². The van der Waals surface area contributed by atoms with E-state index in [1.807, 2.05) is 45.9 Å². The molecule has 1 aromatic rings. The standard InChI is InChI=1S/C21H35NO3/c1-6-7-13-19(23)20(15-14-18-11-9-8-10-12-18)25-21(24)22(16(2)3)17(4)5/h8-12,16-17,19-20,23H,6-7,13-15H2,1-5H3/t19-,20+/m0/s1. The molecule has 0 spiro atoms. The number of aliphatic hydroxyl groups excluding tert-OH is 1. The molecule has 0 aliphatic heterocycles. The molecule has 4 heteroatoms. The predicted molar refractivity (Wildman–Crippen MR) is 103 cm³/mol. The lowest BCUT2D eigenvalue weighted by molar-refractivity contribution is -0.0258. The second-order valence-corrected chi connectivity index (χ2v) is 7.25. The minimum absolute atomic E-state index is 0.0649. The van der Waals surface area contributed by atoms with E-state index in [-0.39, 0.29) is 18.2 Å². The highest BCUT2D eigenvalue weighted by Crippen LogP contribution is 2.18. The van der Waals surface area contributed by atoms with Crippen molar-refractivity contribution in [3.05, 3.63) is 35.9 Å². The van der Waals surface area contributed by atoms with Gasteiger partial charge in [-0.3, -0.25) is 0 Å². The second kappa shape index (κ2) is 11.1. The number of hydrogen-bond acceptors (Lipinski definition) is 3. The molecular formula is C21H35NO3. The lowest BCUT2D eigenvalue weighted by atomic mass is 10.00. The number of ether oxygens (including phenoxy) is 1. The summed E-state index contributed by atoms with van der Waals surface area (Å²) in [5, 5.41) is 10.5. The number of carbonyl (C=O) groups excluding carboxylic acids is 1. The molecular weight excluding hydrogens is 314 g/mol. The summed E-state index contributed by atoms with van der Waals surface area (Å²) < 4.78 is 5.75. The Morgan fingerprint density at radius 1 is 1.08 bits per heavy atom. The molecule has 25 heavy (non-hydrogen) atoms. The molecule has 0 aliphatic carbocycles. The van der Waals surface area contributed by atoms with E-state index >= 15 is 0 Å². The highest BCUT2D eigenvalue weighted by Gasteiger charge is 2.28. The summed E-state index contributed by atoms with van der Waals surface area (Å²) in [6.07, 6.45) is 2.59. The van der Waals surface area contributed by atoms with Gasteiger partial charge in [0, 0.05) is 12.1 Å². The molecule has 0 heterocycles. The zero-order valence-electron chi connectivity index (χ0n) is 16.4. The van der Waals surface area contributed by atoms with Gasteiger partial charge in [0.1, 0.15) is 6.10 Å². The Labute approximate surface area is 153 Å². The van der Waals surface area contributed by atoms with Gasteiger partial charge in [-0.15, -0.1) is 0 Å². The monoisotopic (exact) mass is 349 g/mol. The predicted octanol–water partition coefficient (Wildman–Crippen LogP) is 4.79. The van der Waals surface area contributed by atoms with Crippen LogP contribution in [-0.4, -0.2) is 40.4 Å². The molecule has 0 fully saturated rings. The first-order valence-electron chi connectivity index (χ1n) is 9.57. The molecule has 0 radical (unpaired) electrons. The van der Waals surface area contributed by atoms with Crippen LogP contribution in [0.1, 0.15) is 65.9 Å². The molecule has 0 saturated heterocycles. The Balaban J connectivity index is 2.77. The first kappa shape index (κ1) is 21.5. The van der Waals surface area contributed by atoms with E-state index in [9.17, 15) is 9.90 Å². The quantitative estimate of drug-likeness (QED) is 0.660. The van der Waals surface area contributed by atoms with E-state index in [2.05, 4.69) is 19.1 Å². The fourth-order valence-electron chi connectivity index (χ4n) is 3.09. The highest BCUT2D eigenvalue weighted by atomic mass is 16.6. The van der Waals surface area contributed by atoms with Crippen LogP contribution in [0.2, 0.25) is 0 Å². The zero-order valence-corrected chi connectivity index (χ0v) is 16.4. The van der Waals surface area contributed by atoms with E-state index in [0.29, 0.717) is 12.8 Å². The Hall–Kier alpha value is -1.55. The molecule has 1 rings (SSSR count). The average molecular weight is 350 g/mol. The number of aliphatic hydroxyl groups is 1. The van der Waals surface area contributed by atoms with Crippen molar-refractivity contribution in [3.8, 4) is 0 Å². The minimum atomic E-state index is -0.617. The van der Waals surface area contributed by atoms with E-state index < -0.39 is 12.2 Å². The van der Waals surface area contributed by atoms with Crippen molar-refractivity contribution in [1.82, 2.24) is 4.90 Å². The van der Waals surface area contributed by atoms with Crippen LogP contribution in [0.5, 0.6) is 0 Å². The van der Waals surface area contributed by atoms with E-state index in [4.69, 9.17) is 4.74 Å². The van der Waals surface area contributed by atoms with Gasteiger partial charge in [0.2, 0.25) is 0 Å². The fraction of sp³-hybridized carbons (Fsp3) is 0.667. The van der Waals surface area contributed by atoms with Gasteiger partial charge in [-0.25, -0.2) is 4.79 Å². The van der Waals surface area contributed by atoms with Gasteiger partial charge in [0.05, 0.1) is 6.10 Å². The molecule has 0 unspecified atom stereocenters. The van der Waals surface area contributed by atoms with Crippen molar-refractivity contribution < 1.29 is 14.6 Å². The number of aryl methyl sites for hydroxylation is 1. The molecule has 0 saturated carbocycles. The summed E-state index contributed by atoms with van der Waals surface area (Å²) in [6, 6.07) is 10.2. The number of hydrogen-bond donors (Lipinski definition) is 1. The number of nitrogens with zero attached hydrogens (tertiary/aromatic N) is 1. The largest absolute Gasteiger partial charge is 0.443 e. The molecule has 0 aromatic heterocycles. The fourth-order valence-corrected chi connectivity index (χ4v) is 3.09. The summed E-state index contributed by atoms with van der Waals surface area (Å²) in [5.74, 6) is 0. The summed E-state index contributed by atoms with van der Waals surface area (Å²) in [6.45, 7) is 10.0. The topological polar surface area (TPSA) is 49.8 Å². The lowest BCUT2D eigenvalue weighted by Gasteiger charge is -2.33. The van der Waals surface area contributed by atoms with Crippen LogP contribution in [0, 0.1) is 0 Å². The summed E-state index contributed by atoms with van der Waals surface area (Å²) >= 11 is 0. The van der Waals surface area contributed by atoms with Crippen molar-refractivity contribution in [3.63, 3.8) is 0 Å².